The maximum atomic E-state index is 13.5. The van der Waals surface area contributed by atoms with Crippen LogP contribution < -0.4 is 9.47 Å². The van der Waals surface area contributed by atoms with Crippen LogP contribution in [0.1, 0.15) is 17.0 Å². The number of halogens is 2. The highest BCUT2D eigenvalue weighted by molar-refractivity contribution is 14.1. The third kappa shape index (κ3) is 4.84. The van der Waals surface area contributed by atoms with Crippen LogP contribution in [-0.2, 0) is 6.61 Å². The summed E-state index contributed by atoms with van der Waals surface area (Å²) in [5.41, 5.74) is 3.26. The molecule has 0 saturated heterocycles. The number of imidazole rings is 1. The minimum absolute atomic E-state index is 0.323. The van der Waals surface area contributed by atoms with Crippen LogP contribution in [0.25, 0.3) is 33.5 Å². The lowest BCUT2D eigenvalue weighted by atomic mass is 10.1. The third-order valence-electron chi connectivity index (χ3n) is 5.58. The second-order valence-corrected chi connectivity index (χ2v) is 9.08. The summed E-state index contributed by atoms with van der Waals surface area (Å²) in [6.07, 6.45) is 1.71. The number of methoxy groups -OCH3 is 1. The molecule has 0 bridgehead atoms. The van der Waals surface area contributed by atoms with Crippen LogP contribution in [0.5, 0.6) is 11.5 Å². The number of benzene rings is 4. The fraction of sp³-hybridized carbons (Fsp3) is 0.0714. The molecular formula is C28H19FIN3O2. The number of aromatic nitrogens is 2. The highest BCUT2D eigenvalue weighted by Crippen LogP contribution is 2.36. The summed E-state index contributed by atoms with van der Waals surface area (Å²) in [7, 11) is 1.58. The number of nitriles is 1. The Morgan fingerprint density at radius 1 is 1.09 bits per heavy atom. The van der Waals surface area contributed by atoms with E-state index in [0.717, 1.165) is 20.1 Å². The van der Waals surface area contributed by atoms with E-state index in [-0.39, 0.29) is 5.82 Å². The second-order valence-electron chi connectivity index (χ2n) is 7.92. The smallest absolute Gasteiger partial charge is 0.174 e. The van der Waals surface area contributed by atoms with E-state index in [4.69, 9.17) is 9.47 Å². The lowest BCUT2D eigenvalue weighted by Gasteiger charge is -2.14. The molecule has 5 nitrogen and oxygen atoms in total. The Morgan fingerprint density at radius 2 is 1.91 bits per heavy atom. The van der Waals surface area contributed by atoms with Crippen LogP contribution in [0.3, 0.4) is 0 Å². The molecule has 0 aliphatic carbocycles. The quantitative estimate of drug-likeness (QED) is 0.173. The summed E-state index contributed by atoms with van der Waals surface area (Å²) < 4.78 is 26.1. The minimum atomic E-state index is -0.367. The number of nitrogens with zero attached hydrogens (tertiary/aromatic N) is 2. The van der Waals surface area contributed by atoms with Crippen molar-refractivity contribution in [2.24, 2.45) is 0 Å². The Kier molecular flexibility index (Phi) is 6.38. The van der Waals surface area contributed by atoms with Crippen molar-refractivity contribution in [3.05, 3.63) is 99.1 Å². The SMILES string of the molecule is COc1cc(/C=C(/C#N)c2nc3ccc(F)cc3[nH]2)cc(I)c1OCc1ccc2ccccc2c1. The van der Waals surface area contributed by atoms with Gasteiger partial charge in [0.25, 0.3) is 0 Å². The van der Waals surface area contributed by atoms with Crippen LogP contribution in [0.15, 0.2) is 72.8 Å². The molecule has 0 radical (unpaired) electrons. The van der Waals surface area contributed by atoms with E-state index in [9.17, 15) is 9.65 Å². The Labute approximate surface area is 215 Å². The van der Waals surface area contributed by atoms with E-state index in [1.807, 2.05) is 24.3 Å². The molecular weight excluding hydrogens is 556 g/mol. The van der Waals surface area contributed by atoms with E-state index in [2.05, 4.69) is 69.0 Å². The lowest BCUT2D eigenvalue weighted by Crippen LogP contribution is -2.00. The molecule has 5 aromatic rings. The van der Waals surface area contributed by atoms with Crippen molar-refractivity contribution >= 4 is 56.0 Å². The van der Waals surface area contributed by atoms with Gasteiger partial charge in [-0.3, -0.25) is 0 Å². The Hall–Kier alpha value is -3.90. The maximum absolute atomic E-state index is 13.5. The van der Waals surface area contributed by atoms with E-state index < -0.39 is 0 Å². The van der Waals surface area contributed by atoms with Gasteiger partial charge in [0.05, 0.1) is 27.3 Å². The largest absolute Gasteiger partial charge is 0.493 e. The number of aromatic amines is 1. The van der Waals surface area contributed by atoms with Gasteiger partial charge in [-0.25, -0.2) is 9.37 Å². The average molecular weight is 575 g/mol. The summed E-state index contributed by atoms with van der Waals surface area (Å²) in [6, 6.07) is 24.6. The minimum Gasteiger partial charge on any atom is -0.493 e. The number of fused-ring (bicyclic) bond motifs is 2. The number of allylic oxidation sites excluding steroid dienone is 1. The zero-order chi connectivity index (χ0) is 24.4. The summed E-state index contributed by atoms with van der Waals surface area (Å²) in [5.74, 6) is 1.21. The zero-order valence-electron chi connectivity index (χ0n) is 18.7. The Bertz CT molecular complexity index is 1640. The first-order chi connectivity index (χ1) is 17.0. The fourth-order valence-electron chi connectivity index (χ4n) is 3.88. The van der Waals surface area contributed by atoms with E-state index in [1.165, 1.54) is 17.5 Å². The van der Waals surface area contributed by atoms with Gasteiger partial charge in [0.15, 0.2) is 11.5 Å². The molecule has 0 unspecified atom stereocenters. The zero-order valence-corrected chi connectivity index (χ0v) is 20.8. The maximum Gasteiger partial charge on any atom is 0.174 e. The first-order valence-electron chi connectivity index (χ1n) is 10.8. The number of H-pyrrole nitrogens is 1. The molecule has 0 saturated carbocycles. The van der Waals surface area contributed by atoms with E-state index in [0.29, 0.717) is 40.5 Å². The van der Waals surface area contributed by atoms with Crippen molar-refractivity contribution in [3.8, 4) is 17.6 Å². The number of ether oxygens (including phenoxy) is 2. The van der Waals surface area contributed by atoms with E-state index in [1.54, 1.807) is 19.3 Å². The number of rotatable bonds is 6. The lowest BCUT2D eigenvalue weighted by molar-refractivity contribution is 0.282. The van der Waals surface area contributed by atoms with Crippen molar-refractivity contribution in [1.29, 1.82) is 5.26 Å². The molecule has 0 fully saturated rings. The Balaban J connectivity index is 1.42. The molecule has 1 aromatic heterocycles. The van der Waals surface area contributed by atoms with Crippen LogP contribution >= 0.6 is 22.6 Å². The van der Waals surface area contributed by atoms with E-state index >= 15 is 0 Å². The molecule has 5 rings (SSSR count). The summed E-state index contributed by atoms with van der Waals surface area (Å²) in [4.78, 5) is 7.43. The fourth-order valence-corrected chi connectivity index (χ4v) is 4.66. The van der Waals surface area contributed by atoms with Gasteiger partial charge in [-0.1, -0.05) is 36.4 Å². The summed E-state index contributed by atoms with van der Waals surface area (Å²) >= 11 is 2.20. The van der Waals surface area contributed by atoms with Gasteiger partial charge in [-0.15, -0.1) is 0 Å². The summed E-state index contributed by atoms with van der Waals surface area (Å²) in [5, 5.41) is 12.1. The van der Waals surface area contributed by atoms with Gasteiger partial charge in [0.2, 0.25) is 0 Å². The van der Waals surface area contributed by atoms with Crippen molar-refractivity contribution < 1.29 is 13.9 Å². The highest BCUT2D eigenvalue weighted by Gasteiger charge is 2.14. The van der Waals surface area contributed by atoms with Gasteiger partial charge >= 0.3 is 0 Å². The molecule has 35 heavy (non-hydrogen) atoms. The number of hydrogen-bond acceptors (Lipinski definition) is 4. The molecule has 4 aromatic carbocycles. The molecule has 0 aliphatic heterocycles. The molecule has 0 spiro atoms. The van der Waals surface area contributed by atoms with Crippen molar-refractivity contribution in [2.45, 2.75) is 6.61 Å². The van der Waals surface area contributed by atoms with Gasteiger partial charge in [0, 0.05) is 0 Å². The standard InChI is InChI=1S/C28H19FIN3O2/c1-34-26-13-18(11-21(15-31)28-32-24-9-8-22(29)14-25(24)33-28)12-23(30)27(26)35-16-17-6-7-19-4-2-3-5-20(19)10-17/h2-14H,16H2,1H3,(H,32,33)/b21-11-. The topological polar surface area (TPSA) is 70.9 Å². The third-order valence-corrected chi connectivity index (χ3v) is 6.38. The molecule has 0 amide bonds. The van der Waals surface area contributed by atoms with Crippen molar-refractivity contribution in [2.75, 3.05) is 7.11 Å². The van der Waals surface area contributed by atoms with Crippen molar-refractivity contribution in [1.82, 2.24) is 9.97 Å². The predicted molar refractivity (Wildman–Crippen MR) is 144 cm³/mol. The second kappa shape index (κ2) is 9.76. The van der Waals surface area contributed by atoms with Crippen molar-refractivity contribution in [3.63, 3.8) is 0 Å². The molecule has 1 N–H and O–H groups in total. The normalized spacial score (nSPS) is 11.5. The molecule has 0 aliphatic rings. The van der Waals surface area contributed by atoms with Gasteiger partial charge in [-0.05, 0) is 87.0 Å². The number of nitrogens with one attached hydrogen (secondary N) is 1. The molecule has 0 atom stereocenters. The highest BCUT2D eigenvalue weighted by atomic mass is 127. The van der Waals surface area contributed by atoms with Crippen LogP contribution in [0.4, 0.5) is 4.39 Å². The van der Waals surface area contributed by atoms with Gasteiger partial charge in [-0.2, -0.15) is 5.26 Å². The Morgan fingerprint density at radius 3 is 2.71 bits per heavy atom. The predicted octanol–water partition coefficient (Wildman–Crippen LogP) is 7.11. The van der Waals surface area contributed by atoms with Crippen LogP contribution in [-0.4, -0.2) is 17.1 Å². The molecule has 172 valence electrons. The number of hydrogen-bond donors (Lipinski definition) is 1. The van der Waals surface area contributed by atoms with Gasteiger partial charge < -0.3 is 14.5 Å². The van der Waals surface area contributed by atoms with Gasteiger partial charge in [0.1, 0.15) is 24.3 Å². The first kappa shape index (κ1) is 22.9. The van der Waals surface area contributed by atoms with Crippen LogP contribution in [0.2, 0.25) is 0 Å². The molecule has 7 heteroatoms. The molecule has 1 heterocycles. The average Bonchev–Trinajstić information content (AvgIpc) is 3.29. The monoisotopic (exact) mass is 575 g/mol. The summed E-state index contributed by atoms with van der Waals surface area (Å²) in [6.45, 7) is 0.394. The first-order valence-corrected chi connectivity index (χ1v) is 11.9. The van der Waals surface area contributed by atoms with Crippen LogP contribution in [0, 0.1) is 20.7 Å².